The lowest BCUT2D eigenvalue weighted by Gasteiger charge is -1.91. The average molecular weight is 300 g/mol. The first-order valence-corrected chi connectivity index (χ1v) is 5.84. The van der Waals surface area contributed by atoms with Gasteiger partial charge in [0, 0.05) is 10.9 Å². The van der Waals surface area contributed by atoms with Crippen molar-refractivity contribution >= 4 is 39.3 Å². The van der Waals surface area contributed by atoms with Crippen molar-refractivity contribution < 1.29 is 9.21 Å². The molecule has 1 heterocycles. The van der Waals surface area contributed by atoms with Gasteiger partial charge in [-0.05, 0) is 13.0 Å². The number of carbonyl (C=O) groups is 1. The number of hydrogen-bond donors (Lipinski definition) is 0. The standard InChI is InChI=1S/C11H9IO2/c1-7-8-4-2-3-5-10(8)14-11(7)9(13)6-12/h2-5H,6H2,1H3. The smallest absolute Gasteiger partial charge is 0.207 e. The predicted molar refractivity (Wildman–Crippen MR) is 64.2 cm³/mol. The first kappa shape index (κ1) is 9.71. The highest BCUT2D eigenvalue weighted by atomic mass is 127. The Bertz CT molecular complexity index is 485. The Labute approximate surface area is 95.4 Å². The van der Waals surface area contributed by atoms with Gasteiger partial charge < -0.3 is 4.42 Å². The van der Waals surface area contributed by atoms with Gasteiger partial charge in [-0.15, -0.1) is 0 Å². The van der Waals surface area contributed by atoms with Gasteiger partial charge in [0.2, 0.25) is 5.78 Å². The third-order valence-electron chi connectivity index (χ3n) is 2.22. The quantitative estimate of drug-likeness (QED) is 0.483. The molecule has 0 radical (unpaired) electrons. The number of para-hydroxylation sites is 1. The molecule has 1 aromatic carbocycles. The molecule has 1 aromatic heterocycles. The summed E-state index contributed by atoms with van der Waals surface area (Å²) in [7, 11) is 0. The van der Waals surface area contributed by atoms with Crippen LogP contribution in [0, 0.1) is 6.92 Å². The van der Waals surface area contributed by atoms with Crippen molar-refractivity contribution in [1.29, 1.82) is 0 Å². The first-order valence-electron chi connectivity index (χ1n) is 4.31. The van der Waals surface area contributed by atoms with Crippen LogP contribution in [0.2, 0.25) is 0 Å². The lowest BCUT2D eigenvalue weighted by atomic mass is 10.1. The fraction of sp³-hybridized carbons (Fsp3) is 0.182. The van der Waals surface area contributed by atoms with Gasteiger partial charge in [-0.25, -0.2) is 0 Å². The van der Waals surface area contributed by atoms with Crippen molar-refractivity contribution in [2.45, 2.75) is 6.92 Å². The van der Waals surface area contributed by atoms with E-state index in [0.717, 1.165) is 16.5 Å². The molecule has 0 bridgehead atoms. The zero-order valence-electron chi connectivity index (χ0n) is 7.71. The molecular formula is C11H9IO2. The van der Waals surface area contributed by atoms with Crippen LogP contribution in [0.5, 0.6) is 0 Å². The Morgan fingerprint density at radius 3 is 2.79 bits per heavy atom. The molecule has 0 spiro atoms. The van der Waals surface area contributed by atoms with E-state index >= 15 is 0 Å². The Morgan fingerprint density at radius 1 is 1.43 bits per heavy atom. The van der Waals surface area contributed by atoms with E-state index in [2.05, 4.69) is 0 Å². The molecule has 0 saturated carbocycles. The molecular weight excluding hydrogens is 291 g/mol. The van der Waals surface area contributed by atoms with Crippen LogP contribution in [0.4, 0.5) is 0 Å². The average Bonchev–Trinajstić information content (AvgIpc) is 2.56. The third kappa shape index (κ3) is 1.45. The topological polar surface area (TPSA) is 30.2 Å². The summed E-state index contributed by atoms with van der Waals surface area (Å²) in [6.45, 7) is 1.92. The second kappa shape index (κ2) is 3.73. The van der Waals surface area contributed by atoms with E-state index in [1.807, 2.05) is 53.8 Å². The number of Topliss-reactive ketones (excluding diaryl/α,β-unsaturated/α-hetero) is 1. The minimum atomic E-state index is 0.0549. The summed E-state index contributed by atoms with van der Waals surface area (Å²) in [5, 5.41) is 1.03. The van der Waals surface area contributed by atoms with Crippen LogP contribution < -0.4 is 0 Å². The fourth-order valence-electron chi connectivity index (χ4n) is 1.50. The van der Waals surface area contributed by atoms with E-state index in [4.69, 9.17) is 4.42 Å². The molecule has 0 fully saturated rings. The Balaban J connectivity index is 2.68. The highest BCUT2D eigenvalue weighted by Crippen LogP contribution is 2.25. The first-order chi connectivity index (χ1) is 6.74. The molecule has 0 unspecified atom stereocenters. The number of fused-ring (bicyclic) bond motifs is 1. The van der Waals surface area contributed by atoms with E-state index in [0.29, 0.717) is 10.2 Å². The number of alkyl halides is 1. The Morgan fingerprint density at radius 2 is 2.14 bits per heavy atom. The van der Waals surface area contributed by atoms with Crippen molar-refractivity contribution in [3.05, 3.63) is 35.6 Å². The van der Waals surface area contributed by atoms with Crippen LogP contribution in [0.25, 0.3) is 11.0 Å². The van der Waals surface area contributed by atoms with Crippen LogP contribution in [0.3, 0.4) is 0 Å². The van der Waals surface area contributed by atoms with E-state index in [1.165, 1.54) is 0 Å². The molecule has 0 atom stereocenters. The van der Waals surface area contributed by atoms with Gasteiger partial charge >= 0.3 is 0 Å². The summed E-state index contributed by atoms with van der Waals surface area (Å²) >= 11 is 2.05. The van der Waals surface area contributed by atoms with Gasteiger partial charge in [0.25, 0.3) is 0 Å². The molecule has 0 saturated heterocycles. The zero-order chi connectivity index (χ0) is 10.1. The number of halogens is 1. The molecule has 2 rings (SSSR count). The zero-order valence-corrected chi connectivity index (χ0v) is 9.87. The molecule has 0 amide bonds. The van der Waals surface area contributed by atoms with Crippen LogP contribution in [-0.4, -0.2) is 10.2 Å². The molecule has 72 valence electrons. The molecule has 0 N–H and O–H groups in total. The summed E-state index contributed by atoms with van der Waals surface area (Å²) in [6, 6.07) is 7.71. The number of aryl methyl sites for hydroxylation is 1. The number of furan rings is 1. The van der Waals surface area contributed by atoms with Gasteiger partial charge in [-0.3, -0.25) is 4.79 Å². The fourth-order valence-corrected chi connectivity index (χ4v) is 1.85. The van der Waals surface area contributed by atoms with E-state index < -0.39 is 0 Å². The summed E-state index contributed by atoms with van der Waals surface area (Å²) < 4.78 is 5.95. The molecule has 14 heavy (non-hydrogen) atoms. The lowest BCUT2D eigenvalue weighted by Crippen LogP contribution is -1.99. The van der Waals surface area contributed by atoms with Crippen LogP contribution >= 0.6 is 22.6 Å². The van der Waals surface area contributed by atoms with Crippen molar-refractivity contribution in [2.24, 2.45) is 0 Å². The van der Waals surface area contributed by atoms with E-state index in [-0.39, 0.29) is 5.78 Å². The van der Waals surface area contributed by atoms with Crippen molar-refractivity contribution in [2.75, 3.05) is 4.43 Å². The largest absolute Gasteiger partial charge is 0.453 e. The predicted octanol–water partition coefficient (Wildman–Crippen LogP) is 3.36. The number of hydrogen-bond acceptors (Lipinski definition) is 2. The van der Waals surface area contributed by atoms with E-state index in [9.17, 15) is 4.79 Å². The summed E-state index contributed by atoms with van der Waals surface area (Å²) in [5.74, 6) is 0.555. The Hall–Kier alpha value is -0.840. The maximum Gasteiger partial charge on any atom is 0.207 e. The minimum absolute atomic E-state index is 0.0549. The molecule has 0 aliphatic carbocycles. The van der Waals surface area contributed by atoms with Crippen LogP contribution in [-0.2, 0) is 0 Å². The summed E-state index contributed by atoms with van der Waals surface area (Å²) in [4.78, 5) is 11.5. The normalized spacial score (nSPS) is 10.7. The lowest BCUT2D eigenvalue weighted by molar-refractivity contribution is 0.0996. The molecule has 2 aromatic rings. The summed E-state index contributed by atoms with van der Waals surface area (Å²) in [6.07, 6.45) is 0. The van der Waals surface area contributed by atoms with Crippen LogP contribution in [0.1, 0.15) is 16.1 Å². The SMILES string of the molecule is Cc1c(C(=O)CI)oc2ccccc12. The van der Waals surface area contributed by atoms with Crippen molar-refractivity contribution in [1.82, 2.24) is 0 Å². The maximum atomic E-state index is 11.5. The third-order valence-corrected chi connectivity index (χ3v) is 2.91. The highest BCUT2D eigenvalue weighted by Gasteiger charge is 2.15. The number of benzene rings is 1. The van der Waals surface area contributed by atoms with E-state index in [1.54, 1.807) is 0 Å². The van der Waals surface area contributed by atoms with Gasteiger partial charge in [0.1, 0.15) is 5.58 Å². The van der Waals surface area contributed by atoms with Gasteiger partial charge in [0.15, 0.2) is 5.76 Å². The Kier molecular flexibility index (Phi) is 2.58. The second-order valence-corrected chi connectivity index (χ2v) is 3.87. The molecule has 3 heteroatoms. The monoisotopic (exact) mass is 300 g/mol. The number of ketones is 1. The second-order valence-electron chi connectivity index (χ2n) is 3.11. The summed E-state index contributed by atoms with van der Waals surface area (Å²) in [5.41, 5.74) is 1.74. The van der Waals surface area contributed by atoms with Gasteiger partial charge in [-0.2, -0.15) is 0 Å². The highest BCUT2D eigenvalue weighted by molar-refractivity contribution is 14.1. The van der Waals surface area contributed by atoms with Crippen LogP contribution in [0.15, 0.2) is 28.7 Å². The van der Waals surface area contributed by atoms with Gasteiger partial charge in [-0.1, -0.05) is 40.8 Å². The molecule has 2 nitrogen and oxygen atoms in total. The number of carbonyl (C=O) groups excluding carboxylic acids is 1. The minimum Gasteiger partial charge on any atom is -0.453 e. The van der Waals surface area contributed by atoms with Gasteiger partial charge in [0.05, 0.1) is 4.43 Å². The maximum absolute atomic E-state index is 11.5. The molecule has 0 aliphatic heterocycles. The molecule has 0 aliphatic rings. The van der Waals surface area contributed by atoms with Crippen molar-refractivity contribution in [3.63, 3.8) is 0 Å². The van der Waals surface area contributed by atoms with Crippen molar-refractivity contribution in [3.8, 4) is 0 Å². The number of rotatable bonds is 2.